The minimum absolute atomic E-state index is 0.0826. The lowest BCUT2D eigenvalue weighted by Gasteiger charge is -2.29. The summed E-state index contributed by atoms with van der Waals surface area (Å²) >= 11 is 0. The van der Waals surface area contributed by atoms with Crippen molar-refractivity contribution in [3.63, 3.8) is 0 Å². The molecule has 0 bridgehead atoms. The number of rotatable bonds is 8. The summed E-state index contributed by atoms with van der Waals surface area (Å²) in [6.45, 7) is 10.7. The van der Waals surface area contributed by atoms with E-state index in [-0.39, 0.29) is 11.7 Å². The molecule has 0 amide bonds. The van der Waals surface area contributed by atoms with Crippen LogP contribution in [0.25, 0.3) is 0 Å². The van der Waals surface area contributed by atoms with Crippen LogP contribution in [0.1, 0.15) is 88.1 Å². The van der Waals surface area contributed by atoms with Gasteiger partial charge in [-0.1, -0.05) is 64.8 Å². The fourth-order valence-corrected chi connectivity index (χ4v) is 3.38. The molecule has 0 aliphatic carbocycles. The minimum Gasteiger partial charge on any atom is -0.306 e. The van der Waals surface area contributed by atoms with E-state index in [1.165, 1.54) is 44.3 Å². The third-order valence-electron chi connectivity index (χ3n) is 5.26. The molecule has 1 fully saturated rings. The molecular formula is C24H39NO2. The van der Waals surface area contributed by atoms with Crippen LogP contribution in [0.15, 0.2) is 24.3 Å². The van der Waals surface area contributed by atoms with E-state index in [0.717, 1.165) is 30.6 Å². The minimum atomic E-state index is 0.0826. The quantitative estimate of drug-likeness (QED) is 0.331. The van der Waals surface area contributed by atoms with Gasteiger partial charge in [0, 0.05) is 17.9 Å². The van der Waals surface area contributed by atoms with Crippen molar-refractivity contribution in [1.29, 1.82) is 0 Å². The van der Waals surface area contributed by atoms with Gasteiger partial charge in [0.25, 0.3) is 0 Å². The van der Waals surface area contributed by atoms with Crippen LogP contribution in [0, 0.1) is 11.8 Å². The van der Waals surface area contributed by atoms with Gasteiger partial charge < -0.3 is 9.69 Å². The SMILES string of the molecule is CC(C)C(=O)c1ccc(C2CCN(C)CC2)cc1.CC(C)CCCCC=O. The maximum Gasteiger partial charge on any atom is 0.165 e. The summed E-state index contributed by atoms with van der Waals surface area (Å²) in [6.07, 6.45) is 7.74. The Morgan fingerprint density at radius 2 is 1.67 bits per heavy atom. The third kappa shape index (κ3) is 9.32. The van der Waals surface area contributed by atoms with Gasteiger partial charge >= 0.3 is 0 Å². The number of benzene rings is 1. The van der Waals surface area contributed by atoms with E-state index < -0.39 is 0 Å². The standard InChI is InChI=1S/C16H23NO.C8H16O/c1-12(2)16(18)15-6-4-13(5-7-15)14-8-10-17(3)11-9-14;1-8(2)6-4-3-5-7-9/h4-7,12,14H,8-11H2,1-3H3;7-8H,3-6H2,1-2H3. The predicted octanol–water partition coefficient (Wildman–Crippen LogP) is 5.74. The molecule has 0 radical (unpaired) electrons. The van der Waals surface area contributed by atoms with Gasteiger partial charge in [-0.15, -0.1) is 0 Å². The molecule has 0 atom stereocenters. The van der Waals surface area contributed by atoms with Gasteiger partial charge in [-0.25, -0.2) is 0 Å². The average molecular weight is 374 g/mol. The van der Waals surface area contributed by atoms with Crippen molar-refractivity contribution in [1.82, 2.24) is 4.90 Å². The second kappa shape index (κ2) is 12.8. The van der Waals surface area contributed by atoms with Gasteiger partial charge in [0.15, 0.2) is 5.78 Å². The fourth-order valence-electron chi connectivity index (χ4n) is 3.38. The third-order valence-corrected chi connectivity index (χ3v) is 5.26. The Bertz CT molecular complexity index is 540. The van der Waals surface area contributed by atoms with Gasteiger partial charge in [-0.05, 0) is 56.8 Å². The number of hydrogen-bond acceptors (Lipinski definition) is 3. The molecule has 1 aliphatic rings. The number of carbonyl (C=O) groups excluding carboxylic acids is 2. The number of carbonyl (C=O) groups is 2. The normalized spacial score (nSPS) is 15.5. The predicted molar refractivity (Wildman–Crippen MR) is 114 cm³/mol. The van der Waals surface area contributed by atoms with Crippen molar-refractivity contribution in [2.45, 2.75) is 72.1 Å². The molecule has 1 aromatic carbocycles. The summed E-state index contributed by atoms with van der Waals surface area (Å²) in [5.74, 6) is 1.78. The van der Waals surface area contributed by atoms with Crippen molar-refractivity contribution in [2.24, 2.45) is 11.8 Å². The molecule has 0 spiro atoms. The van der Waals surface area contributed by atoms with Gasteiger partial charge in [0.2, 0.25) is 0 Å². The van der Waals surface area contributed by atoms with Crippen LogP contribution in [0.5, 0.6) is 0 Å². The first-order valence-electron chi connectivity index (χ1n) is 10.6. The fraction of sp³-hybridized carbons (Fsp3) is 0.667. The second-order valence-electron chi connectivity index (χ2n) is 8.56. The van der Waals surface area contributed by atoms with Crippen LogP contribution in [-0.2, 0) is 4.79 Å². The van der Waals surface area contributed by atoms with Gasteiger partial charge in [0.1, 0.15) is 6.29 Å². The Hall–Kier alpha value is -1.48. The van der Waals surface area contributed by atoms with Gasteiger partial charge in [-0.2, -0.15) is 0 Å². The van der Waals surface area contributed by atoms with E-state index in [4.69, 9.17) is 0 Å². The van der Waals surface area contributed by atoms with E-state index >= 15 is 0 Å². The molecule has 1 heterocycles. The molecule has 3 heteroatoms. The van der Waals surface area contributed by atoms with Crippen LogP contribution >= 0.6 is 0 Å². The first-order valence-corrected chi connectivity index (χ1v) is 10.6. The number of ketones is 1. The highest BCUT2D eigenvalue weighted by Gasteiger charge is 2.18. The zero-order chi connectivity index (χ0) is 20.2. The maximum atomic E-state index is 11.9. The summed E-state index contributed by atoms with van der Waals surface area (Å²) in [6, 6.07) is 8.28. The number of aldehydes is 1. The molecule has 27 heavy (non-hydrogen) atoms. The monoisotopic (exact) mass is 373 g/mol. The van der Waals surface area contributed by atoms with Crippen LogP contribution in [-0.4, -0.2) is 37.1 Å². The topological polar surface area (TPSA) is 37.4 Å². The Morgan fingerprint density at radius 1 is 1.07 bits per heavy atom. The zero-order valence-electron chi connectivity index (χ0n) is 18.0. The number of nitrogens with zero attached hydrogens (tertiary/aromatic N) is 1. The Balaban J connectivity index is 0.000000345. The van der Waals surface area contributed by atoms with Crippen molar-refractivity contribution < 1.29 is 9.59 Å². The summed E-state index contributed by atoms with van der Waals surface area (Å²) < 4.78 is 0. The Labute approximate surface area is 166 Å². The highest BCUT2D eigenvalue weighted by Crippen LogP contribution is 2.27. The van der Waals surface area contributed by atoms with Gasteiger partial charge in [0.05, 0.1) is 0 Å². The molecule has 0 N–H and O–H groups in total. The highest BCUT2D eigenvalue weighted by molar-refractivity contribution is 5.97. The summed E-state index contributed by atoms with van der Waals surface area (Å²) in [5.41, 5.74) is 2.24. The molecule has 0 saturated carbocycles. The number of unbranched alkanes of at least 4 members (excludes halogenated alkanes) is 2. The van der Waals surface area contributed by atoms with Crippen molar-refractivity contribution in [2.75, 3.05) is 20.1 Å². The number of likely N-dealkylation sites (tertiary alicyclic amines) is 1. The van der Waals surface area contributed by atoms with Crippen molar-refractivity contribution in [3.8, 4) is 0 Å². The van der Waals surface area contributed by atoms with E-state index in [9.17, 15) is 9.59 Å². The van der Waals surface area contributed by atoms with E-state index in [2.05, 4.69) is 37.9 Å². The average Bonchev–Trinajstić information content (AvgIpc) is 2.66. The van der Waals surface area contributed by atoms with E-state index in [0.29, 0.717) is 5.92 Å². The summed E-state index contributed by atoms with van der Waals surface area (Å²) in [4.78, 5) is 24.1. The largest absolute Gasteiger partial charge is 0.306 e. The first kappa shape index (κ1) is 23.6. The number of piperidine rings is 1. The first-order chi connectivity index (χ1) is 12.8. The molecule has 2 rings (SSSR count). The number of hydrogen-bond donors (Lipinski definition) is 0. The molecule has 0 unspecified atom stereocenters. The van der Waals surface area contributed by atoms with Crippen LogP contribution in [0.3, 0.4) is 0 Å². The van der Waals surface area contributed by atoms with Gasteiger partial charge in [-0.3, -0.25) is 4.79 Å². The Morgan fingerprint density at radius 3 is 2.15 bits per heavy atom. The molecule has 1 aromatic rings. The smallest absolute Gasteiger partial charge is 0.165 e. The summed E-state index contributed by atoms with van der Waals surface area (Å²) in [7, 11) is 2.18. The zero-order valence-corrected chi connectivity index (χ0v) is 18.0. The van der Waals surface area contributed by atoms with Crippen molar-refractivity contribution in [3.05, 3.63) is 35.4 Å². The molecule has 152 valence electrons. The highest BCUT2D eigenvalue weighted by atomic mass is 16.1. The van der Waals surface area contributed by atoms with Crippen LogP contribution in [0.4, 0.5) is 0 Å². The molecule has 1 saturated heterocycles. The van der Waals surface area contributed by atoms with Crippen molar-refractivity contribution >= 4 is 12.1 Å². The Kier molecular flexibility index (Phi) is 11.2. The lowest BCUT2D eigenvalue weighted by molar-refractivity contribution is -0.107. The van der Waals surface area contributed by atoms with E-state index in [1.54, 1.807) is 0 Å². The molecule has 0 aromatic heterocycles. The van der Waals surface area contributed by atoms with E-state index in [1.807, 2.05) is 26.0 Å². The number of Topliss-reactive ketones (excluding diaryl/α,β-unsaturated/α-hetero) is 1. The molecule has 3 nitrogen and oxygen atoms in total. The second-order valence-corrected chi connectivity index (χ2v) is 8.56. The maximum absolute atomic E-state index is 11.9. The molecular weight excluding hydrogens is 334 g/mol. The van der Waals surface area contributed by atoms with Crippen LogP contribution in [0.2, 0.25) is 0 Å². The van der Waals surface area contributed by atoms with Crippen LogP contribution < -0.4 is 0 Å². The lowest BCUT2D eigenvalue weighted by Crippen LogP contribution is -2.29. The summed E-state index contributed by atoms with van der Waals surface area (Å²) in [5, 5.41) is 0. The lowest BCUT2D eigenvalue weighted by atomic mass is 9.88. The molecule has 1 aliphatic heterocycles.